The van der Waals surface area contributed by atoms with Gasteiger partial charge in [-0.15, -0.1) is 0 Å². The van der Waals surface area contributed by atoms with Crippen molar-refractivity contribution < 1.29 is 17.4 Å². The molecule has 146 valence electrons. The van der Waals surface area contributed by atoms with Crippen LogP contribution in [0.3, 0.4) is 0 Å². The number of rotatable bonds is 8. The summed E-state index contributed by atoms with van der Waals surface area (Å²) in [7, 11) is -3.55. The van der Waals surface area contributed by atoms with Gasteiger partial charge in [-0.3, -0.25) is 4.79 Å². The minimum absolute atomic E-state index is 0.0922. The zero-order chi connectivity index (χ0) is 20.0. The van der Waals surface area contributed by atoms with Crippen LogP contribution in [-0.2, 0) is 16.7 Å². The van der Waals surface area contributed by atoms with Crippen molar-refractivity contribution in [3.63, 3.8) is 0 Å². The second-order valence-electron chi connectivity index (χ2n) is 6.66. The van der Waals surface area contributed by atoms with Crippen LogP contribution in [0.25, 0.3) is 0 Å². The lowest BCUT2D eigenvalue weighted by molar-refractivity contribution is 0.0722. The van der Waals surface area contributed by atoms with Gasteiger partial charge in [-0.2, -0.15) is 8.42 Å². The van der Waals surface area contributed by atoms with Crippen LogP contribution in [0.5, 0.6) is 5.75 Å². The molecular formula is C20H24ClNO4S. The van der Waals surface area contributed by atoms with Crippen molar-refractivity contribution in [3.05, 3.63) is 64.7 Å². The van der Waals surface area contributed by atoms with Crippen LogP contribution in [0.2, 0.25) is 5.02 Å². The summed E-state index contributed by atoms with van der Waals surface area (Å²) in [6.45, 7) is 6.61. The number of carbonyl (C=O) groups excluding carboxylic acids is 1. The van der Waals surface area contributed by atoms with Crippen LogP contribution in [0.4, 0.5) is 0 Å². The number of amides is 1. The molecule has 1 amide bonds. The SMILES string of the molecule is CCS(=O)(=O)Oc1ccc(CN(CC(C)C)C(=O)c2cccc(Cl)c2)cc1. The van der Waals surface area contributed by atoms with Gasteiger partial charge >= 0.3 is 10.1 Å². The van der Waals surface area contributed by atoms with Gasteiger partial charge in [0.15, 0.2) is 0 Å². The molecule has 0 radical (unpaired) electrons. The minimum Gasteiger partial charge on any atom is -0.382 e. The predicted octanol–water partition coefficient (Wildman–Crippen LogP) is 4.37. The summed E-state index contributed by atoms with van der Waals surface area (Å²) in [4.78, 5) is 14.7. The van der Waals surface area contributed by atoms with E-state index in [-0.39, 0.29) is 17.4 Å². The molecule has 0 fully saturated rings. The summed E-state index contributed by atoms with van der Waals surface area (Å²) in [5.41, 5.74) is 1.42. The van der Waals surface area contributed by atoms with Crippen LogP contribution in [0.1, 0.15) is 36.7 Å². The standard InChI is InChI=1S/C20H24ClNO4S/c1-4-27(24,25)26-19-10-8-16(9-11-19)14-22(13-15(2)3)20(23)17-6-5-7-18(21)12-17/h5-12,15H,4,13-14H2,1-3H3. The second-order valence-corrected chi connectivity index (χ2v) is 8.96. The van der Waals surface area contributed by atoms with Gasteiger partial charge < -0.3 is 9.08 Å². The Morgan fingerprint density at radius 3 is 2.37 bits per heavy atom. The highest BCUT2D eigenvalue weighted by molar-refractivity contribution is 7.87. The van der Waals surface area contributed by atoms with Gasteiger partial charge in [0.1, 0.15) is 5.75 Å². The van der Waals surface area contributed by atoms with E-state index in [1.807, 2.05) is 13.8 Å². The third kappa shape index (κ3) is 6.56. The van der Waals surface area contributed by atoms with E-state index in [2.05, 4.69) is 0 Å². The van der Waals surface area contributed by atoms with Crippen molar-refractivity contribution in [1.82, 2.24) is 4.90 Å². The smallest absolute Gasteiger partial charge is 0.308 e. The first-order valence-corrected chi connectivity index (χ1v) is 10.7. The minimum atomic E-state index is -3.55. The molecule has 0 aliphatic heterocycles. The monoisotopic (exact) mass is 409 g/mol. The maximum absolute atomic E-state index is 12.9. The highest BCUT2D eigenvalue weighted by Gasteiger charge is 2.18. The van der Waals surface area contributed by atoms with E-state index in [9.17, 15) is 13.2 Å². The Morgan fingerprint density at radius 1 is 1.15 bits per heavy atom. The van der Waals surface area contributed by atoms with E-state index in [0.29, 0.717) is 29.6 Å². The van der Waals surface area contributed by atoms with Crippen LogP contribution in [-0.4, -0.2) is 31.5 Å². The van der Waals surface area contributed by atoms with Gasteiger partial charge in [-0.1, -0.05) is 43.6 Å². The molecule has 0 aromatic heterocycles. The van der Waals surface area contributed by atoms with E-state index < -0.39 is 10.1 Å². The highest BCUT2D eigenvalue weighted by Crippen LogP contribution is 2.19. The summed E-state index contributed by atoms with van der Waals surface area (Å²) in [5.74, 6) is 0.369. The molecule has 0 N–H and O–H groups in total. The lowest BCUT2D eigenvalue weighted by Gasteiger charge is -2.25. The van der Waals surface area contributed by atoms with Crippen LogP contribution in [0, 0.1) is 5.92 Å². The van der Waals surface area contributed by atoms with Crippen LogP contribution in [0.15, 0.2) is 48.5 Å². The fraction of sp³-hybridized carbons (Fsp3) is 0.350. The van der Waals surface area contributed by atoms with E-state index in [0.717, 1.165) is 5.56 Å². The van der Waals surface area contributed by atoms with E-state index in [1.54, 1.807) is 53.4 Å². The normalized spacial score (nSPS) is 11.4. The molecule has 0 atom stereocenters. The molecule has 0 unspecified atom stereocenters. The van der Waals surface area contributed by atoms with Crippen molar-refractivity contribution in [3.8, 4) is 5.75 Å². The molecule has 2 rings (SSSR count). The second kappa shape index (κ2) is 9.24. The lowest BCUT2D eigenvalue weighted by atomic mass is 10.1. The van der Waals surface area contributed by atoms with Crippen molar-refractivity contribution in [2.24, 2.45) is 5.92 Å². The average Bonchev–Trinajstić information content (AvgIpc) is 2.61. The van der Waals surface area contributed by atoms with Gasteiger partial charge in [0.25, 0.3) is 5.91 Å². The average molecular weight is 410 g/mol. The molecule has 0 aliphatic carbocycles. The van der Waals surface area contributed by atoms with Gasteiger partial charge in [0.05, 0.1) is 5.75 Å². The van der Waals surface area contributed by atoms with Crippen molar-refractivity contribution in [1.29, 1.82) is 0 Å². The molecular weight excluding hydrogens is 386 g/mol. The van der Waals surface area contributed by atoms with Gasteiger partial charge in [-0.25, -0.2) is 0 Å². The summed E-state index contributed by atoms with van der Waals surface area (Å²) < 4.78 is 28.1. The Bertz CT molecular complexity index is 879. The quantitative estimate of drug-likeness (QED) is 0.607. The first-order chi connectivity index (χ1) is 12.7. The maximum Gasteiger partial charge on any atom is 0.308 e. The Morgan fingerprint density at radius 2 is 1.81 bits per heavy atom. The fourth-order valence-electron chi connectivity index (χ4n) is 2.54. The largest absolute Gasteiger partial charge is 0.382 e. The van der Waals surface area contributed by atoms with E-state index >= 15 is 0 Å². The Hall–Kier alpha value is -2.05. The molecule has 0 bridgehead atoms. The van der Waals surface area contributed by atoms with Gasteiger partial charge in [0, 0.05) is 23.7 Å². The zero-order valence-electron chi connectivity index (χ0n) is 15.7. The highest BCUT2D eigenvalue weighted by atomic mass is 35.5. The molecule has 0 spiro atoms. The molecule has 7 heteroatoms. The molecule has 0 saturated carbocycles. The van der Waals surface area contributed by atoms with Gasteiger partial charge in [0.2, 0.25) is 0 Å². The first kappa shape index (κ1) is 21.3. The topological polar surface area (TPSA) is 63.7 Å². The van der Waals surface area contributed by atoms with Gasteiger partial charge in [-0.05, 0) is 48.7 Å². The van der Waals surface area contributed by atoms with Crippen molar-refractivity contribution in [2.75, 3.05) is 12.3 Å². The number of nitrogens with zero attached hydrogens (tertiary/aromatic N) is 1. The summed E-state index contributed by atoms with van der Waals surface area (Å²) in [5, 5.41) is 0.518. The number of hydrogen-bond donors (Lipinski definition) is 0. The summed E-state index contributed by atoms with van der Waals surface area (Å²) in [6, 6.07) is 13.6. The Balaban J connectivity index is 2.17. The molecule has 0 aliphatic rings. The number of hydrogen-bond acceptors (Lipinski definition) is 4. The predicted molar refractivity (Wildman–Crippen MR) is 108 cm³/mol. The summed E-state index contributed by atoms with van der Waals surface area (Å²) >= 11 is 6.01. The summed E-state index contributed by atoms with van der Waals surface area (Å²) in [6.07, 6.45) is 0. The molecule has 0 saturated heterocycles. The Labute approximate surface area is 166 Å². The van der Waals surface area contributed by atoms with E-state index in [1.165, 1.54) is 6.92 Å². The van der Waals surface area contributed by atoms with Crippen molar-refractivity contribution in [2.45, 2.75) is 27.3 Å². The lowest BCUT2D eigenvalue weighted by Crippen LogP contribution is -2.33. The molecule has 27 heavy (non-hydrogen) atoms. The third-order valence-electron chi connectivity index (χ3n) is 3.82. The molecule has 2 aromatic carbocycles. The maximum atomic E-state index is 12.9. The third-order valence-corrected chi connectivity index (χ3v) is 5.21. The number of carbonyl (C=O) groups is 1. The Kier molecular flexibility index (Phi) is 7.27. The number of halogens is 1. The first-order valence-electron chi connectivity index (χ1n) is 8.76. The fourth-order valence-corrected chi connectivity index (χ4v) is 3.25. The van der Waals surface area contributed by atoms with Crippen LogP contribution >= 0.6 is 11.6 Å². The number of benzene rings is 2. The molecule has 2 aromatic rings. The zero-order valence-corrected chi connectivity index (χ0v) is 17.3. The van der Waals surface area contributed by atoms with Crippen LogP contribution < -0.4 is 4.18 Å². The van der Waals surface area contributed by atoms with Crippen molar-refractivity contribution >= 4 is 27.6 Å². The molecule has 0 heterocycles. The van der Waals surface area contributed by atoms with E-state index in [4.69, 9.17) is 15.8 Å². The molecule has 5 nitrogen and oxygen atoms in total.